The fourth-order valence-electron chi connectivity index (χ4n) is 2.23. The average molecular weight is 242 g/mol. The molecule has 1 fully saturated rings. The smallest absolute Gasteiger partial charge is 0.329 e. The Hall–Kier alpha value is -1.10. The fraction of sp³-hybridized carbons (Fsp3) is 0.833. The van der Waals surface area contributed by atoms with Gasteiger partial charge in [0.05, 0.1) is 5.92 Å². The maximum atomic E-state index is 12.3. The lowest BCUT2D eigenvalue weighted by Crippen LogP contribution is -2.56. The van der Waals surface area contributed by atoms with Gasteiger partial charge in [0.15, 0.2) is 0 Å². The van der Waals surface area contributed by atoms with Crippen molar-refractivity contribution in [1.29, 1.82) is 0 Å². The number of carboxylic acids is 1. The number of aliphatic carboxylic acids is 1. The Kier molecular flexibility index (Phi) is 4.51. The lowest BCUT2D eigenvalue weighted by atomic mass is 9.94. The van der Waals surface area contributed by atoms with Crippen molar-refractivity contribution in [3.8, 4) is 0 Å². The van der Waals surface area contributed by atoms with Crippen molar-refractivity contribution in [2.24, 2.45) is 5.92 Å². The Morgan fingerprint density at radius 3 is 2.53 bits per heavy atom. The van der Waals surface area contributed by atoms with Gasteiger partial charge >= 0.3 is 5.97 Å². The number of carbonyl (C=O) groups is 2. The van der Waals surface area contributed by atoms with Gasteiger partial charge in [-0.05, 0) is 40.2 Å². The molecule has 1 unspecified atom stereocenters. The van der Waals surface area contributed by atoms with Crippen LogP contribution in [0.15, 0.2) is 0 Å². The number of likely N-dealkylation sites (N-methyl/N-ethyl adjacent to an activating group) is 1. The maximum absolute atomic E-state index is 12.3. The summed E-state index contributed by atoms with van der Waals surface area (Å²) in [6.07, 6.45) is 1.82. The molecular weight excluding hydrogens is 220 g/mol. The number of hydrogen-bond acceptors (Lipinski definition) is 3. The second-order valence-electron chi connectivity index (χ2n) is 4.99. The number of carbonyl (C=O) groups excluding carboxylic acids is 1. The normalized spacial score (nSPS) is 21.0. The largest absolute Gasteiger partial charge is 0.480 e. The molecule has 17 heavy (non-hydrogen) atoms. The van der Waals surface area contributed by atoms with E-state index in [4.69, 9.17) is 0 Å². The third-order valence-corrected chi connectivity index (χ3v) is 3.43. The molecule has 1 aliphatic heterocycles. The molecule has 98 valence electrons. The van der Waals surface area contributed by atoms with Gasteiger partial charge in [0.25, 0.3) is 0 Å². The van der Waals surface area contributed by atoms with Crippen LogP contribution in [0.2, 0.25) is 0 Å². The molecule has 2 N–H and O–H groups in total. The molecular formula is C12H22N2O3. The Labute approximate surface area is 102 Å². The monoisotopic (exact) mass is 242 g/mol. The van der Waals surface area contributed by atoms with Gasteiger partial charge in [0.2, 0.25) is 5.91 Å². The van der Waals surface area contributed by atoms with Crippen LogP contribution < -0.4 is 5.32 Å². The standard InChI is InChI=1S/C12H22N2O3/c1-4-14(12(2,3)11(16)17)10(15)9-6-5-7-13-8-9/h9,13H,4-8H2,1-3H3,(H,16,17). The summed E-state index contributed by atoms with van der Waals surface area (Å²) in [7, 11) is 0. The molecule has 0 saturated carbocycles. The Balaban J connectivity index is 2.79. The minimum absolute atomic E-state index is 0.0490. The zero-order valence-corrected chi connectivity index (χ0v) is 10.8. The molecule has 5 heteroatoms. The van der Waals surface area contributed by atoms with Gasteiger partial charge in [0.1, 0.15) is 5.54 Å². The molecule has 1 rings (SSSR count). The molecule has 1 saturated heterocycles. The molecule has 1 aliphatic rings. The summed E-state index contributed by atoms with van der Waals surface area (Å²) in [5.41, 5.74) is -1.14. The number of amides is 1. The average Bonchev–Trinajstić information content (AvgIpc) is 2.30. The number of nitrogens with zero attached hydrogens (tertiary/aromatic N) is 1. The van der Waals surface area contributed by atoms with E-state index in [-0.39, 0.29) is 11.8 Å². The van der Waals surface area contributed by atoms with Gasteiger partial charge in [-0.25, -0.2) is 4.79 Å². The number of nitrogens with one attached hydrogen (secondary N) is 1. The highest BCUT2D eigenvalue weighted by molar-refractivity contribution is 5.87. The van der Waals surface area contributed by atoms with Crippen molar-refractivity contribution in [3.63, 3.8) is 0 Å². The lowest BCUT2D eigenvalue weighted by molar-refractivity contribution is -0.158. The van der Waals surface area contributed by atoms with Crippen LogP contribution in [0.4, 0.5) is 0 Å². The van der Waals surface area contributed by atoms with E-state index in [2.05, 4.69) is 5.32 Å². The number of carboxylic acid groups (broad SMARTS) is 1. The van der Waals surface area contributed by atoms with Crippen LogP contribution in [0.5, 0.6) is 0 Å². The second-order valence-corrected chi connectivity index (χ2v) is 4.99. The highest BCUT2D eigenvalue weighted by Gasteiger charge is 2.39. The van der Waals surface area contributed by atoms with Gasteiger partial charge in [-0.15, -0.1) is 0 Å². The summed E-state index contributed by atoms with van der Waals surface area (Å²) in [6.45, 7) is 7.00. The predicted octanol–water partition coefficient (Wildman–Crippen LogP) is 0.698. The van der Waals surface area contributed by atoms with Crippen LogP contribution in [-0.4, -0.2) is 47.1 Å². The van der Waals surface area contributed by atoms with E-state index in [1.54, 1.807) is 13.8 Å². The predicted molar refractivity (Wildman–Crippen MR) is 64.7 cm³/mol. The van der Waals surface area contributed by atoms with E-state index < -0.39 is 11.5 Å². The molecule has 1 heterocycles. The minimum atomic E-state index is -1.14. The molecule has 0 aromatic rings. The third kappa shape index (κ3) is 2.97. The van der Waals surface area contributed by atoms with Gasteiger partial charge in [-0.3, -0.25) is 4.79 Å². The van der Waals surface area contributed by atoms with Gasteiger partial charge < -0.3 is 15.3 Å². The first-order valence-corrected chi connectivity index (χ1v) is 6.16. The first-order chi connectivity index (χ1) is 7.91. The van der Waals surface area contributed by atoms with Gasteiger partial charge in [-0.1, -0.05) is 0 Å². The number of hydrogen-bond donors (Lipinski definition) is 2. The molecule has 0 radical (unpaired) electrons. The Bertz CT molecular complexity index is 296. The first kappa shape index (κ1) is 14.0. The van der Waals surface area contributed by atoms with Crippen molar-refractivity contribution < 1.29 is 14.7 Å². The molecule has 5 nitrogen and oxygen atoms in total. The summed E-state index contributed by atoms with van der Waals surface area (Å²) >= 11 is 0. The van der Waals surface area contributed by atoms with E-state index in [0.29, 0.717) is 13.1 Å². The van der Waals surface area contributed by atoms with Crippen LogP contribution in [0, 0.1) is 5.92 Å². The van der Waals surface area contributed by atoms with Crippen LogP contribution in [0.1, 0.15) is 33.6 Å². The quantitative estimate of drug-likeness (QED) is 0.761. The van der Waals surface area contributed by atoms with E-state index in [0.717, 1.165) is 19.4 Å². The molecule has 0 bridgehead atoms. The summed E-state index contributed by atoms with van der Waals surface area (Å²) in [4.78, 5) is 25.0. The molecule has 0 spiro atoms. The van der Waals surface area contributed by atoms with Crippen LogP contribution in [-0.2, 0) is 9.59 Å². The Morgan fingerprint density at radius 1 is 1.47 bits per heavy atom. The fourth-order valence-corrected chi connectivity index (χ4v) is 2.23. The van der Waals surface area contributed by atoms with Crippen molar-refractivity contribution in [1.82, 2.24) is 10.2 Å². The first-order valence-electron chi connectivity index (χ1n) is 6.16. The van der Waals surface area contributed by atoms with Crippen molar-refractivity contribution in [2.45, 2.75) is 39.2 Å². The van der Waals surface area contributed by atoms with Crippen LogP contribution in [0.25, 0.3) is 0 Å². The second kappa shape index (κ2) is 5.49. The molecule has 0 aromatic carbocycles. The highest BCUT2D eigenvalue weighted by atomic mass is 16.4. The van der Waals surface area contributed by atoms with Gasteiger partial charge in [0, 0.05) is 13.1 Å². The SMILES string of the molecule is CCN(C(=O)C1CCCNC1)C(C)(C)C(=O)O. The molecule has 1 amide bonds. The third-order valence-electron chi connectivity index (χ3n) is 3.43. The number of rotatable bonds is 4. The summed E-state index contributed by atoms with van der Waals surface area (Å²) in [5.74, 6) is -1.09. The van der Waals surface area contributed by atoms with Crippen molar-refractivity contribution in [3.05, 3.63) is 0 Å². The topological polar surface area (TPSA) is 69.6 Å². The van der Waals surface area contributed by atoms with E-state index >= 15 is 0 Å². The summed E-state index contributed by atoms with van der Waals surface area (Å²) < 4.78 is 0. The molecule has 1 atom stereocenters. The van der Waals surface area contributed by atoms with E-state index in [1.807, 2.05) is 6.92 Å². The van der Waals surface area contributed by atoms with E-state index in [1.165, 1.54) is 4.90 Å². The zero-order valence-electron chi connectivity index (χ0n) is 10.8. The van der Waals surface area contributed by atoms with Crippen molar-refractivity contribution >= 4 is 11.9 Å². The Morgan fingerprint density at radius 2 is 2.12 bits per heavy atom. The van der Waals surface area contributed by atoms with E-state index in [9.17, 15) is 14.7 Å². The maximum Gasteiger partial charge on any atom is 0.329 e. The minimum Gasteiger partial charge on any atom is -0.480 e. The molecule has 0 aromatic heterocycles. The molecule has 0 aliphatic carbocycles. The number of piperidine rings is 1. The van der Waals surface area contributed by atoms with Crippen molar-refractivity contribution in [2.75, 3.05) is 19.6 Å². The zero-order chi connectivity index (χ0) is 13.1. The lowest BCUT2D eigenvalue weighted by Gasteiger charge is -2.37. The highest BCUT2D eigenvalue weighted by Crippen LogP contribution is 2.21. The van der Waals surface area contributed by atoms with Crippen LogP contribution >= 0.6 is 0 Å². The summed E-state index contributed by atoms with van der Waals surface area (Å²) in [5, 5.41) is 12.4. The van der Waals surface area contributed by atoms with Gasteiger partial charge in [-0.2, -0.15) is 0 Å². The summed E-state index contributed by atoms with van der Waals surface area (Å²) in [6, 6.07) is 0. The van der Waals surface area contributed by atoms with Crippen LogP contribution in [0.3, 0.4) is 0 Å².